The molecule has 0 aliphatic carbocycles. The van der Waals surface area contributed by atoms with E-state index in [2.05, 4.69) is 4.90 Å². The number of rotatable bonds is 3. The number of hydrogen-bond donors (Lipinski definition) is 1. The molecule has 2 aliphatic heterocycles. The van der Waals surface area contributed by atoms with Crippen molar-refractivity contribution in [1.82, 2.24) is 4.90 Å². The highest BCUT2D eigenvalue weighted by molar-refractivity contribution is 4.94. The molecule has 15 heavy (non-hydrogen) atoms. The molecule has 0 aromatic carbocycles. The fourth-order valence-electron chi connectivity index (χ4n) is 2.77. The molecule has 3 heteroatoms. The molecule has 2 rings (SSSR count). The third-order valence-corrected chi connectivity index (χ3v) is 3.66. The average Bonchev–Trinajstić information content (AvgIpc) is 2.62. The Morgan fingerprint density at radius 1 is 1.47 bits per heavy atom. The van der Waals surface area contributed by atoms with Crippen LogP contribution in [0.25, 0.3) is 0 Å². The number of hydrogen-bond acceptors (Lipinski definition) is 3. The molecule has 0 radical (unpaired) electrons. The fourth-order valence-corrected chi connectivity index (χ4v) is 2.77. The van der Waals surface area contributed by atoms with Crippen LogP contribution in [0.5, 0.6) is 0 Å². The summed E-state index contributed by atoms with van der Waals surface area (Å²) in [5, 5.41) is 10.4. The normalized spacial score (nSPS) is 37.2. The van der Waals surface area contributed by atoms with Crippen LogP contribution in [-0.2, 0) is 4.74 Å². The van der Waals surface area contributed by atoms with Gasteiger partial charge in [-0.25, -0.2) is 0 Å². The van der Waals surface area contributed by atoms with Crippen LogP contribution in [-0.4, -0.2) is 47.4 Å². The molecule has 2 heterocycles. The summed E-state index contributed by atoms with van der Waals surface area (Å²) in [6.45, 7) is 6.82. The van der Waals surface area contributed by atoms with E-state index in [4.69, 9.17) is 4.74 Å². The molecule has 2 unspecified atom stereocenters. The van der Waals surface area contributed by atoms with Gasteiger partial charge in [0.05, 0.1) is 18.3 Å². The van der Waals surface area contributed by atoms with E-state index in [0.29, 0.717) is 12.6 Å². The molecule has 0 bridgehead atoms. The lowest BCUT2D eigenvalue weighted by molar-refractivity contribution is -0.103. The predicted octanol–water partition coefficient (Wildman–Crippen LogP) is 1.40. The molecule has 2 aliphatic rings. The third kappa shape index (κ3) is 2.71. The van der Waals surface area contributed by atoms with Crippen molar-refractivity contribution >= 4 is 0 Å². The number of nitrogens with zero attached hydrogens (tertiary/aromatic N) is 1. The van der Waals surface area contributed by atoms with Gasteiger partial charge in [0, 0.05) is 12.6 Å². The zero-order valence-corrected chi connectivity index (χ0v) is 9.91. The van der Waals surface area contributed by atoms with Crippen LogP contribution in [0.1, 0.15) is 39.5 Å². The standard InChI is InChI=1S/C12H23NO2/c1-10(2)15-9-12(14)5-7-13-6-3-4-11(13)8-12/h10-11,14H,3-9H2,1-2H3. The van der Waals surface area contributed by atoms with Gasteiger partial charge in [0.15, 0.2) is 0 Å². The van der Waals surface area contributed by atoms with Crippen molar-refractivity contribution in [2.75, 3.05) is 19.7 Å². The second-order valence-electron chi connectivity index (χ2n) is 5.37. The van der Waals surface area contributed by atoms with E-state index < -0.39 is 5.60 Å². The van der Waals surface area contributed by atoms with Crippen molar-refractivity contribution in [1.29, 1.82) is 0 Å². The molecule has 0 spiro atoms. The molecule has 0 aromatic rings. The number of aliphatic hydroxyl groups is 1. The van der Waals surface area contributed by atoms with Crippen LogP contribution < -0.4 is 0 Å². The summed E-state index contributed by atoms with van der Waals surface area (Å²) in [6, 6.07) is 0.611. The zero-order chi connectivity index (χ0) is 10.9. The van der Waals surface area contributed by atoms with Crippen LogP contribution in [0.4, 0.5) is 0 Å². The van der Waals surface area contributed by atoms with Crippen molar-refractivity contribution in [3.8, 4) is 0 Å². The van der Waals surface area contributed by atoms with E-state index in [1.54, 1.807) is 0 Å². The lowest BCUT2D eigenvalue weighted by atomic mass is 9.87. The molecule has 88 valence electrons. The van der Waals surface area contributed by atoms with Gasteiger partial charge in [-0.05, 0) is 46.1 Å². The first kappa shape index (κ1) is 11.4. The van der Waals surface area contributed by atoms with E-state index in [9.17, 15) is 5.11 Å². The number of fused-ring (bicyclic) bond motifs is 1. The molecule has 3 nitrogen and oxygen atoms in total. The van der Waals surface area contributed by atoms with Gasteiger partial charge in [0.25, 0.3) is 0 Å². The van der Waals surface area contributed by atoms with Gasteiger partial charge in [-0.3, -0.25) is 0 Å². The van der Waals surface area contributed by atoms with Crippen LogP contribution >= 0.6 is 0 Å². The Balaban J connectivity index is 1.87. The SMILES string of the molecule is CC(C)OCC1(O)CCN2CCCC2C1. The number of piperidine rings is 1. The van der Waals surface area contributed by atoms with E-state index in [1.807, 2.05) is 13.8 Å². The maximum absolute atomic E-state index is 10.4. The van der Waals surface area contributed by atoms with Crippen molar-refractivity contribution in [3.63, 3.8) is 0 Å². The molecule has 2 atom stereocenters. The van der Waals surface area contributed by atoms with E-state index in [1.165, 1.54) is 19.4 Å². The summed E-state index contributed by atoms with van der Waals surface area (Å²) in [5.74, 6) is 0. The van der Waals surface area contributed by atoms with Gasteiger partial charge < -0.3 is 14.7 Å². The average molecular weight is 213 g/mol. The van der Waals surface area contributed by atoms with Crippen LogP contribution in [0.2, 0.25) is 0 Å². The molecule has 2 fully saturated rings. The number of ether oxygens (including phenoxy) is 1. The molecule has 0 amide bonds. The summed E-state index contributed by atoms with van der Waals surface area (Å²) >= 11 is 0. The van der Waals surface area contributed by atoms with Crippen molar-refractivity contribution < 1.29 is 9.84 Å². The predicted molar refractivity (Wildman–Crippen MR) is 59.9 cm³/mol. The lowest BCUT2D eigenvalue weighted by Crippen LogP contribution is -2.50. The van der Waals surface area contributed by atoms with E-state index >= 15 is 0 Å². The van der Waals surface area contributed by atoms with Crippen LogP contribution in [0.15, 0.2) is 0 Å². The molecular formula is C12H23NO2. The summed E-state index contributed by atoms with van der Waals surface area (Å²) in [5.41, 5.74) is -0.560. The minimum absolute atomic E-state index is 0.218. The van der Waals surface area contributed by atoms with Gasteiger partial charge in [0.1, 0.15) is 0 Å². The molecular weight excluding hydrogens is 190 g/mol. The third-order valence-electron chi connectivity index (χ3n) is 3.66. The van der Waals surface area contributed by atoms with Crippen molar-refractivity contribution in [3.05, 3.63) is 0 Å². The molecule has 0 aromatic heterocycles. The maximum Gasteiger partial charge on any atom is 0.0907 e. The summed E-state index contributed by atoms with van der Waals surface area (Å²) in [6.07, 6.45) is 4.54. The first-order valence-electron chi connectivity index (χ1n) is 6.17. The van der Waals surface area contributed by atoms with Gasteiger partial charge in [0.2, 0.25) is 0 Å². The van der Waals surface area contributed by atoms with Gasteiger partial charge in [-0.15, -0.1) is 0 Å². The van der Waals surface area contributed by atoms with Gasteiger partial charge >= 0.3 is 0 Å². The van der Waals surface area contributed by atoms with Gasteiger partial charge in [-0.1, -0.05) is 0 Å². The minimum Gasteiger partial charge on any atom is -0.387 e. The first-order valence-corrected chi connectivity index (χ1v) is 6.17. The highest BCUT2D eigenvalue weighted by atomic mass is 16.5. The monoisotopic (exact) mass is 213 g/mol. The Morgan fingerprint density at radius 2 is 2.27 bits per heavy atom. The zero-order valence-electron chi connectivity index (χ0n) is 9.91. The minimum atomic E-state index is -0.560. The lowest BCUT2D eigenvalue weighted by Gasteiger charge is -2.40. The van der Waals surface area contributed by atoms with Crippen LogP contribution in [0.3, 0.4) is 0 Å². The van der Waals surface area contributed by atoms with Gasteiger partial charge in [-0.2, -0.15) is 0 Å². The molecule has 1 N–H and O–H groups in total. The Morgan fingerprint density at radius 3 is 3.00 bits per heavy atom. The smallest absolute Gasteiger partial charge is 0.0907 e. The maximum atomic E-state index is 10.4. The Hall–Kier alpha value is -0.120. The summed E-state index contributed by atoms with van der Waals surface area (Å²) < 4.78 is 5.56. The molecule has 0 saturated carbocycles. The van der Waals surface area contributed by atoms with E-state index in [-0.39, 0.29) is 6.10 Å². The van der Waals surface area contributed by atoms with Crippen molar-refractivity contribution in [2.45, 2.75) is 57.3 Å². The Labute approximate surface area is 92.4 Å². The Kier molecular flexibility index (Phi) is 3.33. The highest BCUT2D eigenvalue weighted by Crippen LogP contribution is 2.33. The summed E-state index contributed by atoms with van der Waals surface area (Å²) in [7, 11) is 0. The first-order chi connectivity index (χ1) is 7.09. The highest BCUT2D eigenvalue weighted by Gasteiger charge is 2.40. The second-order valence-corrected chi connectivity index (χ2v) is 5.37. The topological polar surface area (TPSA) is 32.7 Å². The second kappa shape index (κ2) is 4.40. The van der Waals surface area contributed by atoms with Crippen LogP contribution in [0, 0.1) is 0 Å². The Bertz CT molecular complexity index is 220. The van der Waals surface area contributed by atoms with E-state index in [0.717, 1.165) is 19.4 Å². The quantitative estimate of drug-likeness (QED) is 0.769. The van der Waals surface area contributed by atoms with Crippen molar-refractivity contribution in [2.24, 2.45) is 0 Å². The fraction of sp³-hybridized carbons (Fsp3) is 1.00. The molecule has 2 saturated heterocycles. The summed E-state index contributed by atoms with van der Waals surface area (Å²) in [4.78, 5) is 2.52. The largest absolute Gasteiger partial charge is 0.387 e.